The molecule has 0 saturated carbocycles. The Hall–Kier alpha value is -3.79. The Labute approximate surface area is 187 Å². The summed E-state index contributed by atoms with van der Waals surface area (Å²) in [6.45, 7) is 0.385. The first-order chi connectivity index (χ1) is 15.6. The molecule has 1 amide bonds. The zero-order chi connectivity index (χ0) is 22.5. The summed E-state index contributed by atoms with van der Waals surface area (Å²) in [5.74, 6) is 1.17. The molecule has 0 atom stereocenters. The van der Waals surface area contributed by atoms with Crippen molar-refractivity contribution in [2.24, 2.45) is 0 Å². The van der Waals surface area contributed by atoms with Gasteiger partial charge in [0.2, 0.25) is 5.91 Å². The molecular formula is C22H21N5O4S. The second-order valence-corrected chi connectivity index (χ2v) is 7.70. The van der Waals surface area contributed by atoms with Gasteiger partial charge in [-0.05, 0) is 29.8 Å². The fourth-order valence-electron chi connectivity index (χ4n) is 3.12. The lowest BCUT2D eigenvalue weighted by molar-refractivity contribution is -0.118. The minimum Gasteiger partial charge on any atom is -0.497 e. The quantitative estimate of drug-likeness (QED) is 0.313. The molecule has 9 nitrogen and oxygen atoms in total. The largest absolute Gasteiger partial charge is 0.497 e. The number of thioether (sulfide) groups is 1. The zero-order valence-electron chi connectivity index (χ0n) is 17.5. The van der Waals surface area contributed by atoms with Crippen LogP contribution in [0.25, 0.3) is 16.7 Å². The van der Waals surface area contributed by atoms with Crippen molar-refractivity contribution in [1.82, 2.24) is 25.1 Å². The average molecular weight is 452 g/mol. The molecule has 164 valence electrons. The molecule has 4 rings (SSSR count). The van der Waals surface area contributed by atoms with Crippen LogP contribution in [0.15, 0.2) is 64.7 Å². The predicted octanol–water partition coefficient (Wildman–Crippen LogP) is 2.53. The van der Waals surface area contributed by atoms with Crippen LogP contribution < -0.4 is 20.3 Å². The van der Waals surface area contributed by atoms with Gasteiger partial charge in [0.1, 0.15) is 16.9 Å². The van der Waals surface area contributed by atoms with Gasteiger partial charge in [-0.1, -0.05) is 36.0 Å². The summed E-state index contributed by atoms with van der Waals surface area (Å²) in [6.07, 6.45) is 1.44. The number of carbonyl (C=O) groups is 1. The Morgan fingerprint density at radius 2 is 1.91 bits per heavy atom. The number of para-hydroxylation sites is 2. The molecule has 0 fully saturated rings. The van der Waals surface area contributed by atoms with Crippen LogP contribution in [0, 0.1) is 0 Å². The number of amides is 1. The van der Waals surface area contributed by atoms with Crippen LogP contribution in [0.1, 0.15) is 5.56 Å². The van der Waals surface area contributed by atoms with Gasteiger partial charge in [0.15, 0.2) is 10.8 Å². The third-order valence-corrected chi connectivity index (χ3v) is 5.70. The molecule has 0 unspecified atom stereocenters. The highest BCUT2D eigenvalue weighted by molar-refractivity contribution is 7.99. The lowest BCUT2D eigenvalue weighted by atomic mass is 10.2. The Balaban J connectivity index is 1.55. The summed E-state index contributed by atoms with van der Waals surface area (Å²) in [5, 5.41) is 10.2. The number of hydrogen-bond donors (Lipinski definition) is 2. The number of hydrogen-bond acceptors (Lipinski definition) is 7. The molecule has 0 aliphatic rings. The number of aromatic nitrogens is 4. The minimum absolute atomic E-state index is 0.0807. The molecule has 0 aliphatic heterocycles. The Bertz CT molecular complexity index is 1300. The van der Waals surface area contributed by atoms with E-state index in [2.05, 4.69) is 20.5 Å². The lowest BCUT2D eigenvalue weighted by Gasteiger charge is -2.14. The highest BCUT2D eigenvalue weighted by atomic mass is 32.2. The van der Waals surface area contributed by atoms with E-state index in [-0.39, 0.29) is 17.2 Å². The van der Waals surface area contributed by atoms with Crippen molar-refractivity contribution in [2.75, 3.05) is 20.0 Å². The fourth-order valence-corrected chi connectivity index (χ4v) is 3.95. The molecule has 0 saturated heterocycles. The number of rotatable bonds is 8. The van der Waals surface area contributed by atoms with Crippen LogP contribution in [0.4, 0.5) is 0 Å². The number of H-pyrrole nitrogens is 1. The molecule has 10 heteroatoms. The van der Waals surface area contributed by atoms with Crippen LogP contribution in [0.3, 0.4) is 0 Å². The van der Waals surface area contributed by atoms with Gasteiger partial charge in [0, 0.05) is 6.54 Å². The van der Waals surface area contributed by atoms with Gasteiger partial charge in [0.25, 0.3) is 5.56 Å². The fraction of sp³-hybridized carbons (Fsp3) is 0.182. The molecule has 2 N–H and O–H groups in total. The smallest absolute Gasteiger partial charge is 0.270 e. The van der Waals surface area contributed by atoms with Crippen molar-refractivity contribution < 1.29 is 14.3 Å². The predicted molar refractivity (Wildman–Crippen MR) is 122 cm³/mol. The second kappa shape index (κ2) is 9.56. The van der Waals surface area contributed by atoms with E-state index < -0.39 is 0 Å². The SMILES string of the molecule is COc1ccc(CNC(=O)CSc2nc3[nH]ncc3c(=O)n2-c2ccccc2OC)cc1. The second-order valence-electron chi connectivity index (χ2n) is 6.75. The molecular weight excluding hydrogens is 430 g/mol. The van der Waals surface area contributed by atoms with E-state index in [1.54, 1.807) is 25.3 Å². The summed E-state index contributed by atoms with van der Waals surface area (Å²) in [4.78, 5) is 30.2. The standard InChI is InChI=1S/C22H21N5O4S/c1-30-15-9-7-14(8-10-15)11-23-19(28)13-32-22-25-20-16(12-24-26-20)21(29)27(22)17-5-3-4-6-18(17)31-2/h3-10,12H,11,13H2,1-2H3,(H,23,28)(H,24,26). The summed E-state index contributed by atoms with van der Waals surface area (Å²) in [7, 11) is 3.14. The molecule has 2 heterocycles. The normalized spacial score (nSPS) is 10.8. The first-order valence-corrected chi connectivity index (χ1v) is 10.7. The first-order valence-electron chi connectivity index (χ1n) is 9.72. The third kappa shape index (κ3) is 4.45. The molecule has 2 aromatic heterocycles. The highest BCUT2D eigenvalue weighted by Gasteiger charge is 2.18. The highest BCUT2D eigenvalue weighted by Crippen LogP contribution is 2.26. The van der Waals surface area contributed by atoms with Gasteiger partial charge in [-0.25, -0.2) is 4.98 Å². The van der Waals surface area contributed by atoms with Gasteiger partial charge >= 0.3 is 0 Å². The van der Waals surface area contributed by atoms with Gasteiger partial charge in [-0.3, -0.25) is 19.3 Å². The van der Waals surface area contributed by atoms with Crippen LogP contribution in [0.2, 0.25) is 0 Å². The number of methoxy groups -OCH3 is 2. The Kier molecular flexibility index (Phi) is 6.41. The van der Waals surface area contributed by atoms with E-state index in [0.717, 1.165) is 23.1 Å². The van der Waals surface area contributed by atoms with E-state index in [4.69, 9.17) is 9.47 Å². The maximum Gasteiger partial charge on any atom is 0.270 e. The van der Waals surface area contributed by atoms with Crippen LogP contribution in [-0.2, 0) is 11.3 Å². The van der Waals surface area contributed by atoms with Gasteiger partial charge in [-0.2, -0.15) is 5.10 Å². The van der Waals surface area contributed by atoms with E-state index in [1.165, 1.54) is 17.9 Å². The van der Waals surface area contributed by atoms with Crippen LogP contribution in [0.5, 0.6) is 11.5 Å². The van der Waals surface area contributed by atoms with E-state index in [0.29, 0.717) is 34.2 Å². The summed E-state index contributed by atoms with van der Waals surface area (Å²) >= 11 is 1.16. The first kappa shape index (κ1) is 21.4. The number of benzene rings is 2. The molecule has 0 radical (unpaired) electrons. The van der Waals surface area contributed by atoms with Crippen molar-refractivity contribution in [3.8, 4) is 17.2 Å². The zero-order valence-corrected chi connectivity index (χ0v) is 18.3. The third-order valence-electron chi connectivity index (χ3n) is 4.76. The molecule has 0 aliphatic carbocycles. The molecule has 4 aromatic rings. The van der Waals surface area contributed by atoms with E-state index >= 15 is 0 Å². The maximum absolute atomic E-state index is 13.2. The molecule has 32 heavy (non-hydrogen) atoms. The number of ether oxygens (including phenoxy) is 2. The monoisotopic (exact) mass is 451 g/mol. The number of nitrogens with one attached hydrogen (secondary N) is 2. The van der Waals surface area contributed by atoms with Gasteiger partial charge in [-0.15, -0.1) is 0 Å². The topological polar surface area (TPSA) is 111 Å². The summed E-state index contributed by atoms with van der Waals surface area (Å²) in [5.41, 5.74) is 1.56. The van der Waals surface area contributed by atoms with Crippen molar-refractivity contribution in [1.29, 1.82) is 0 Å². The van der Waals surface area contributed by atoms with Crippen molar-refractivity contribution in [3.63, 3.8) is 0 Å². The van der Waals surface area contributed by atoms with Crippen LogP contribution >= 0.6 is 11.8 Å². The van der Waals surface area contributed by atoms with Crippen LogP contribution in [-0.4, -0.2) is 45.6 Å². The number of nitrogens with zero attached hydrogens (tertiary/aromatic N) is 3. The lowest BCUT2D eigenvalue weighted by Crippen LogP contribution is -2.26. The number of fused-ring (bicyclic) bond motifs is 1. The minimum atomic E-state index is -0.297. The maximum atomic E-state index is 13.2. The number of aromatic amines is 1. The Morgan fingerprint density at radius 1 is 1.12 bits per heavy atom. The van der Waals surface area contributed by atoms with E-state index in [1.807, 2.05) is 30.3 Å². The van der Waals surface area contributed by atoms with Crippen molar-refractivity contribution in [2.45, 2.75) is 11.7 Å². The summed E-state index contributed by atoms with van der Waals surface area (Å²) < 4.78 is 12.0. The molecule has 0 spiro atoms. The average Bonchev–Trinajstić information content (AvgIpc) is 3.31. The van der Waals surface area contributed by atoms with Crippen molar-refractivity contribution in [3.05, 3.63) is 70.6 Å². The van der Waals surface area contributed by atoms with Crippen molar-refractivity contribution >= 4 is 28.7 Å². The Morgan fingerprint density at radius 3 is 2.66 bits per heavy atom. The van der Waals surface area contributed by atoms with E-state index in [9.17, 15) is 9.59 Å². The molecule has 2 aromatic carbocycles. The van der Waals surface area contributed by atoms with Gasteiger partial charge < -0.3 is 14.8 Å². The molecule has 0 bridgehead atoms. The van der Waals surface area contributed by atoms with Gasteiger partial charge in [0.05, 0.1) is 31.9 Å². The number of carbonyl (C=O) groups excluding carboxylic acids is 1. The summed E-state index contributed by atoms with van der Waals surface area (Å²) in [6, 6.07) is 14.6.